The number of nitrogens with one attached hydrogen (secondary N) is 1. The number of rotatable bonds is 5. The summed E-state index contributed by atoms with van der Waals surface area (Å²) in [4.78, 5) is 18.7. The maximum absolute atomic E-state index is 12.1. The van der Waals surface area contributed by atoms with Crippen LogP contribution in [-0.2, 0) is 20.0 Å². The molecule has 1 N–H and O–H groups in total. The Morgan fingerprint density at radius 3 is 2.83 bits per heavy atom. The monoisotopic (exact) mass is 318 g/mol. The Labute approximate surface area is 134 Å². The van der Waals surface area contributed by atoms with Crippen LogP contribution in [0.1, 0.15) is 41.8 Å². The molecule has 3 rings (SSSR count). The first kappa shape index (κ1) is 15.7. The van der Waals surface area contributed by atoms with Crippen molar-refractivity contribution < 1.29 is 9.32 Å². The Morgan fingerprint density at radius 1 is 1.43 bits per heavy atom. The maximum Gasteiger partial charge on any atom is 0.254 e. The summed E-state index contributed by atoms with van der Waals surface area (Å²) in [6.45, 7) is 4.49. The molecule has 0 bridgehead atoms. The lowest BCUT2D eigenvalue weighted by Crippen LogP contribution is -2.44. The molecular formula is C15H22N6O2. The molecule has 0 spiro atoms. The van der Waals surface area contributed by atoms with E-state index in [1.165, 1.54) is 0 Å². The molecule has 1 amide bonds. The minimum Gasteiger partial charge on any atom is -0.349 e. The SMILES string of the molecule is CCc1noc(CN2CCC(NC(=O)c3cnn(C)c3)CC2)n1. The maximum atomic E-state index is 12.1. The number of aryl methyl sites for hydroxylation is 2. The highest BCUT2D eigenvalue weighted by molar-refractivity contribution is 5.93. The predicted octanol–water partition coefficient (Wildman–Crippen LogP) is 0.760. The molecule has 1 aliphatic heterocycles. The van der Waals surface area contributed by atoms with Crippen molar-refractivity contribution in [3.63, 3.8) is 0 Å². The van der Waals surface area contributed by atoms with Crippen molar-refractivity contribution in [2.24, 2.45) is 7.05 Å². The number of carbonyl (C=O) groups excluding carboxylic acids is 1. The van der Waals surface area contributed by atoms with Crippen LogP contribution in [0.2, 0.25) is 0 Å². The normalized spacial score (nSPS) is 16.6. The van der Waals surface area contributed by atoms with Crippen LogP contribution in [0.25, 0.3) is 0 Å². The van der Waals surface area contributed by atoms with Crippen molar-refractivity contribution in [2.45, 2.75) is 38.8 Å². The molecule has 0 aliphatic carbocycles. The first-order valence-corrected chi connectivity index (χ1v) is 7.97. The van der Waals surface area contributed by atoms with Crippen LogP contribution in [0.3, 0.4) is 0 Å². The van der Waals surface area contributed by atoms with Crippen LogP contribution in [0.5, 0.6) is 0 Å². The molecule has 8 heteroatoms. The highest BCUT2D eigenvalue weighted by atomic mass is 16.5. The van der Waals surface area contributed by atoms with E-state index < -0.39 is 0 Å². The lowest BCUT2D eigenvalue weighted by atomic mass is 10.0. The van der Waals surface area contributed by atoms with E-state index in [0.717, 1.165) is 38.2 Å². The minimum absolute atomic E-state index is 0.0546. The van der Waals surface area contributed by atoms with Crippen LogP contribution < -0.4 is 5.32 Å². The molecule has 0 unspecified atom stereocenters. The van der Waals surface area contributed by atoms with Crippen molar-refractivity contribution >= 4 is 5.91 Å². The number of nitrogens with zero attached hydrogens (tertiary/aromatic N) is 5. The lowest BCUT2D eigenvalue weighted by molar-refractivity contribution is 0.0904. The van der Waals surface area contributed by atoms with Gasteiger partial charge in [0.05, 0.1) is 18.3 Å². The van der Waals surface area contributed by atoms with Crippen molar-refractivity contribution in [3.8, 4) is 0 Å². The van der Waals surface area contributed by atoms with Crippen LogP contribution >= 0.6 is 0 Å². The van der Waals surface area contributed by atoms with Gasteiger partial charge in [-0.3, -0.25) is 14.4 Å². The molecule has 1 saturated heterocycles. The zero-order valence-corrected chi connectivity index (χ0v) is 13.5. The fraction of sp³-hybridized carbons (Fsp3) is 0.600. The predicted molar refractivity (Wildman–Crippen MR) is 82.6 cm³/mol. The Bertz CT molecular complexity index is 656. The third-order valence-electron chi connectivity index (χ3n) is 4.08. The van der Waals surface area contributed by atoms with E-state index in [1.807, 2.05) is 6.92 Å². The van der Waals surface area contributed by atoms with Crippen LogP contribution in [0.15, 0.2) is 16.9 Å². The Kier molecular flexibility index (Phi) is 4.71. The summed E-state index contributed by atoms with van der Waals surface area (Å²) in [6.07, 6.45) is 5.93. The summed E-state index contributed by atoms with van der Waals surface area (Å²) >= 11 is 0. The fourth-order valence-corrected chi connectivity index (χ4v) is 2.73. The van der Waals surface area contributed by atoms with Crippen molar-refractivity contribution in [1.29, 1.82) is 0 Å². The molecule has 0 atom stereocenters. The third-order valence-corrected chi connectivity index (χ3v) is 4.08. The second-order valence-electron chi connectivity index (χ2n) is 5.88. The second-order valence-corrected chi connectivity index (χ2v) is 5.88. The first-order chi connectivity index (χ1) is 11.1. The molecule has 23 heavy (non-hydrogen) atoms. The summed E-state index contributed by atoms with van der Waals surface area (Å²) in [7, 11) is 1.80. The number of hydrogen-bond donors (Lipinski definition) is 1. The Morgan fingerprint density at radius 2 is 2.22 bits per heavy atom. The van der Waals surface area contributed by atoms with Crippen molar-refractivity contribution in [1.82, 2.24) is 30.1 Å². The molecule has 2 aromatic heterocycles. The molecule has 124 valence electrons. The van der Waals surface area contributed by atoms with Gasteiger partial charge in [-0.05, 0) is 12.8 Å². The summed E-state index contributed by atoms with van der Waals surface area (Å²) in [5.74, 6) is 1.36. The van der Waals surface area contributed by atoms with Crippen molar-refractivity contribution in [3.05, 3.63) is 29.7 Å². The fourth-order valence-electron chi connectivity index (χ4n) is 2.73. The topological polar surface area (TPSA) is 89.1 Å². The van der Waals surface area contributed by atoms with Gasteiger partial charge in [-0.2, -0.15) is 10.1 Å². The molecule has 8 nitrogen and oxygen atoms in total. The molecule has 0 aromatic carbocycles. The van der Waals surface area contributed by atoms with Gasteiger partial charge in [-0.15, -0.1) is 0 Å². The van der Waals surface area contributed by atoms with Gasteiger partial charge < -0.3 is 9.84 Å². The summed E-state index contributed by atoms with van der Waals surface area (Å²) in [6, 6.07) is 0.202. The molecular weight excluding hydrogens is 296 g/mol. The van der Waals surface area contributed by atoms with Crippen LogP contribution in [0, 0.1) is 0 Å². The standard InChI is InChI=1S/C15H22N6O2/c1-3-13-18-14(23-19-13)10-21-6-4-12(5-7-21)17-15(22)11-8-16-20(2)9-11/h8-9,12H,3-7,10H2,1-2H3,(H,17,22). The van der Waals surface area contributed by atoms with Gasteiger partial charge in [-0.25, -0.2) is 0 Å². The molecule has 1 fully saturated rings. The van der Waals surface area contributed by atoms with Crippen molar-refractivity contribution in [2.75, 3.05) is 13.1 Å². The number of carbonyl (C=O) groups is 1. The van der Waals surface area contributed by atoms with Gasteiger partial charge in [0.15, 0.2) is 5.82 Å². The van der Waals surface area contributed by atoms with E-state index in [2.05, 4.69) is 25.5 Å². The number of likely N-dealkylation sites (tertiary alicyclic amines) is 1. The molecule has 1 aliphatic rings. The largest absolute Gasteiger partial charge is 0.349 e. The van der Waals surface area contributed by atoms with Gasteiger partial charge >= 0.3 is 0 Å². The average Bonchev–Trinajstić information content (AvgIpc) is 3.18. The number of piperidine rings is 1. The summed E-state index contributed by atoms with van der Waals surface area (Å²) < 4.78 is 6.86. The number of hydrogen-bond acceptors (Lipinski definition) is 6. The van der Waals surface area contributed by atoms with E-state index in [1.54, 1.807) is 24.1 Å². The molecule has 2 aromatic rings. The first-order valence-electron chi connectivity index (χ1n) is 7.97. The van der Waals surface area contributed by atoms with E-state index in [-0.39, 0.29) is 11.9 Å². The highest BCUT2D eigenvalue weighted by Crippen LogP contribution is 2.14. The van der Waals surface area contributed by atoms with Crippen LogP contribution in [0.4, 0.5) is 0 Å². The quantitative estimate of drug-likeness (QED) is 0.875. The van der Waals surface area contributed by atoms with Gasteiger partial charge in [-0.1, -0.05) is 12.1 Å². The van der Waals surface area contributed by atoms with Gasteiger partial charge in [0.25, 0.3) is 5.91 Å². The van der Waals surface area contributed by atoms with Gasteiger partial charge in [0.2, 0.25) is 5.89 Å². The third kappa shape index (κ3) is 3.95. The van der Waals surface area contributed by atoms with E-state index >= 15 is 0 Å². The van der Waals surface area contributed by atoms with E-state index in [0.29, 0.717) is 18.0 Å². The lowest BCUT2D eigenvalue weighted by Gasteiger charge is -2.31. The summed E-state index contributed by atoms with van der Waals surface area (Å²) in [5, 5.41) is 11.0. The second kappa shape index (κ2) is 6.91. The smallest absolute Gasteiger partial charge is 0.254 e. The minimum atomic E-state index is -0.0546. The molecule has 0 saturated carbocycles. The van der Waals surface area contributed by atoms with E-state index in [4.69, 9.17) is 4.52 Å². The highest BCUT2D eigenvalue weighted by Gasteiger charge is 2.22. The molecule has 0 radical (unpaired) electrons. The average molecular weight is 318 g/mol. The zero-order valence-electron chi connectivity index (χ0n) is 13.5. The number of aromatic nitrogens is 4. The Hall–Kier alpha value is -2.22. The van der Waals surface area contributed by atoms with Gasteiger partial charge in [0.1, 0.15) is 0 Å². The van der Waals surface area contributed by atoms with E-state index in [9.17, 15) is 4.79 Å². The number of amides is 1. The summed E-state index contributed by atoms with van der Waals surface area (Å²) in [5.41, 5.74) is 0.605. The van der Waals surface area contributed by atoms with Crippen LogP contribution in [-0.4, -0.2) is 49.9 Å². The Balaban J connectivity index is 1.45. The molecule has 3 heterocycles. The zero-order chi connectivity index (χ0) is 16.2. The van der Waals surface area contributed by atoms with Gasteiger partial charge in [0, 0.05) is 38.8 Å².